The predicted molar refractivity (Wildman–Crippen MR) is 65.4 cm³/mol. The lowest BCUT2D eigenvalue weighted by Crippen LogP contribution is -2.25. The molecule has 2 heteroatoms. The second kappa shape index (κ2) is 5.00. The van der Waals surface area contributed by atoms with E-state index in [1.807, 2.05) is 6.07 Å². The summed E-state index contributed by atoms with van der Waals surface area (Å²) in [5, 5.41) is 4.54. The molecule has 1 N–H and O–H groups in total. The molecule has 15 heavy (non-hydrogen) atoms. The van der Waals surface area contributed by atoms with E-state index < -0.39 is 0 Å². The highest BCUT2D eigenvalue weighted by Gasteiger charge is 2.20. The highest BCUT2D eigenvalue weighted by molar-refractivity contribution is 6.31. The SMILES string of the molecule is CCCNC1CCCc2c(Cl)cccc21. The first-order valence-electron chi connectivity index (χ1n) is 5.83. The van der Waals surface area contributed by atoms with Gasteiger partial charge in [0.05, 0.1) is 0 Å². The molecule has 0 aliphatic heterocycles. The first kappa shape index (κ1) is 11.0. The van der Waals surface area contributed by atoms with Gasteiger partial charge in [-0.1, -0.05) is 30.7 Å². The fourth-order valence-electron chi connectivity index (χ4n) is 2.33. The average molecular weight is 224 g/mol. The highest BCUT2D eigenvalue weighted by atomic mass is 35.5. The number of nitrogens with one attached hydrogen (secondary N) is 1. The Balaban J connectivity index is 2.22. The molecule has 0 spiro atoms. The maximum atomic E-state index is 6.21. The highest BCUT2D eigenvalue weighted by Crippen LogP contribution is 2.33. The minimum absolute atomic E-state index is 0.521. The Labute approximate surface area is 96.8 Å². The van der Waals surface area contributed by atoms with Crippen molar-refractivity contribution in [2.75, 3.05) is 6.54 Å². The Morgan fingerprint density at radius 2 is 2.33 bits per heavy atom. The number of hydrogen-bond donors (Lipinski definition) is 1. The summed E-state index contributed by atoms with van der Waals surface area (Å²) in [5.74, 6) is 0. The number of rotatable bonds is 3. The van der Waals surface area contributed by atoms with E-state index in [9.17, 15) is 0 Å². The van der Waals surface area contributed by atoms with Gasteiger partial charge in [-0.05, 0) is 49.4 Å². The van der Waals surface area contributed by atoms with Crippen LogP contribution in [-0.2, 0) is 6.42 Å². The van der Waals surface area contributed by atoms with Crippen molar-refractivity contribution >= 4 is 11.6 Å². The minimum Gasteiger partial charge on any atom is -0.310 e. The summed E-state index contributed by atoms with van der Waals surface area (Å²) in [6, 6.07) is 6.80. The number of fused-ring (bicyclic) bond motifs is 1. The first-order valence-corrected chi connectivity index (χ1v) is 6.21. The molecule has 0 saturated carbocycles. The quantitative estimate of drug-likeness (QED) is 0.824. The summed E-state index contributed by atoms with van der Waals surface area (Å²) in [7, 11) is 0. The van der Waals surface area contributed by atoms with E-state index >= 15 is 0 Å². The summed E-state index contributed by atoms with van der Waals surface area (Å²) in [4.78, 5) is 0. The van der Waals surface area contributed by atoms with Crippen molar-refractivity contribution < 1.29 is 0 Å². The third-order valence-electron chi connectivity index (χ3n) is 3.09. The zero-order valence-electron chi connectivity index (χ0n) is 9.22. The van der Waals surface area contributed by atoms with Crippen LogP contribution in [-0.4, -0.2) is 6.54 Å². The maximum absolute atomic E-state index is 6.21. The van der Waals surface area contributed by atoms with Gasteiger partial charge in [0, 0.05) is 11.1 Å². The van der Waals surface area contributed by atoms with Gasteiger partial charge in [0.25, 0.3) is 0 Å². The molecule has 1 aliphatic carbocycles. The van der Waals surface area contributed by atoms with E-state index in [0.717, 1.165) is 18.0 Å². The fourth-order valence-corrected chi connectivity index (χ4v) is 2.61. The molecule has 0 amide bonds. The standard InChI is InChI=1S/C13H18ClN/c1-2-9-15-13-8-4-5-10-11(13)6-3-7-12(10)14/h3,6-7,13,15H,2,4-5,8-9H2,1H3. The van der Waals surface area contributed by atoms with Crippen LogP contribution >= 0.6 is 11.6 Å². The van der Waals surface area contributed by atoms with E-state index in [-0.39, 0.29) is 0 Å². The van der Waals surface area contributed by atoms with Crippen LogP contribution < -0.4 is 5.32 Å². The maximum Gasteiger partial charge on any atom is 0.0441 e. The molecule has 1 nitrogen and oxygen atoms in total. The van der Waals surface area contributed by atoms with Crippen LogP contribution in [0.5, 0.6) is 0 Å². The Bertz CT molecular complexity index is 335. The molecule has 2 rings (SSSR count). The lowest BCUT2D eigenvalue weighted by molar-refractivity contribution is 0.460. The molecule has 0 saturated heterocycles. The Kier molecular flexibility index (Phi) is 3.66. The molecule has 1 atom stereocenters. The van der Waals surface area contributed by atoms with Crippen LogP contribution in [0.4, 0.5) is 0 Å². The second-order valence-corrected chi connectivity index (χ2v) is 4.61. The number of benzene rings is 1. The zero-order valence-corrected chi connectivity index (χ0v) is 9.98. The molecular weight excluding hydrogens is 206 g/mol. The van der Waals surface area contributed by atoms with Crippen molar-refractivity contribution in [2.24, 2.45) is 0 Å². The summed E-state index contributed by atoms with van der Waals surface area (Å²) >= 11 is 6.21. The van der Waals surface area contributed by atoms with Crippen LogP contribution in [0.1, 0.15) is 43.4 Å². The molecule has 82 valence electrons. The summed E-state index contributed by atoms with van der Waals surface area (Å²) in [6.07, 6.45) is 4.82. The predicted octanol–water partition coefficient (Wildman–Crippen LogP) is 3.72. The summed E-state index contributed by atoms with van der Waals surface area (Å²) in [6.45, 7) is 3.30. The van der Waals surface area contributed by atoms with Crippen molar-refractivity contribution in [2.45, 2.75) is 38.6 Å². The lowest BCUT2D eigenvalue weighted by atomic mass is 9.87. The van der Waals surface area contributed by atoms with Crippen molar-refractivity contribution in [3.05, 3.63) is 34.3 Å². The monoisotopic (exact) mass is 223 g/mol. The van der Waals surface area contributed by atoms with E-state index in [4.69, 9.17) is 11.6 Å². The van der Waals surface area contributed by atoms with Gasteiger partial charge < -0.3 is 5.32 Å². The molecule has 0 radical (unpaired) electrons. The van der Waals surface area contributed by atoms with E-state index in [1.54, 1.807) is 0 Å². The molecule has 0 bridgehead atoms. The van der Waals surface area contributed by atoms with E-state index in [1.165, 1.54) is 30.4 Å². The van der Waals surface area contributed by atoms with Crippen molar-refractivity contribution in [3.8, 4) is 0 Å². The molecule has 0 aromatic heterocycles. The Hall–Kier alpha value is -0.530. The van der Waals surface area contributed by atoms with Crippen molar-refractivity contribution in [3.63, 3.8) is 0 Å². The average Bonchev–Trinajstić information content (AvgIpc) is 2.27. The van der Waals surface area contributed by atoms with Gasteiger partial charge in [-0.3, -0.25) is 0 Å². The summed E-state index contributed by atoms with van der Waals surface area (Å²) in [5.41, 5.74) is 2.78. The normalized spacial score (nSPS) is 20.0. The van der Waals surface area contributed by atoms with Gasteiger partial charge in [-0.25, -0.2) is 0 Å². The minimum atomic E-state index is 0.521. The molecule has 0 heterocycles. The van der Waals surface area contributed by atoms with Gasteiger partial charge in [0.1, 0.15) is 0 Å². The number of hydrogen-bond acceptors (Lipinski definition) is 1. The molecule has 1 unspecified atom stereocenters. The van der Waals surface area contributed by atoms with Gasteiger partial charge in [0.15, 0.2) is 0 Å². The zero-order chi connectivity index (χ0) is 10.7. The second-order valence-electron chi connectivity index (χ2n) is 4.21. The van der Waals surface area contributed by atoms with Gasteiger partial charge >= 0.3 is 0 Å². The van der Waals surface area contributed by atoms with Crippen LogP contribution in [0, 0.1) is 0 Å². The third-order valence-corrected chi connectivity index (χ3v) is 3.44. The fraction of sp³-hybridized carbons (Fsp3) is 0.538. The number of halogens is 1. The van der Waals surface area contributed by atoms with Crippen molar-refractivity contribution in [1.82, 2.24) is 5.32 Å². The van der Waals surface area contributed by atoms with Crippen LogP contribution in [0.15, 0.2) is 18.2 Å². The Morgan fingerprint density at radius 3 is 3.13 bits per heavy atom. The largest absolute Gasteiger partial charge is 0.310 e. The summed E-state index contributed by atoms with van der Waals surface area (Å²) < 4.78 is 0. The molecule has 1 aromatic rings. The molecule has 1 aromatic carbocycles. The van der Waals surface area contributed by atoms with Gasteiger partial charge in [-0.2, -0.15) is 0 Å². The van der Waals surface area contributed by atoms with Crippen LogP contribution in [0.2, 0.25) is 5.02 Å². The topological polar surface area (TPSA) is 12.0 Å². The van der Waals surface area contributed by atoms with Crippen LogP contribution in [0.3, 0.4) is 0 Å². The molecular formula is C13H18ClN. The first-order chi connectivity index (χ1) is 7.33. The molecule has 0 fully saturated rings. The van der Waals surface area contributed by atoms with Gasteiger partial charge in [-0.15, -0.1) is 0 Å². The van der Waals surface area contributed by atoms with E-state index in [0.29, 0.717) is 6.04 Å². The smallest absolute Gasteiger partial charge is 0.0441 e. The Morgan fingerprint density at radius 1 is 1.47 bits per heavy atom. The van der Waals surface area contributed by atoms with Gasteiger partial charge in [0.2, 0.25) is 0 Å². The van der Waals surface area contributed by atoms with Crippen molar-refractivity contribution in [1.29, 1.82) is 0 Å². The molecule has 1 aliphatic rings. The van der Waals surface area contributed by atoms with E-state index in [2.05, 4.69) is 24.4 Å². The third kappa shape index (κ3) is 2.35. The van der Waals surface area contributed by atoms with Crippen LogP contribution in [0.25, 0.3) is 0 Å². The lowest BCUT2D eigenvalue weighted by Gasteiger charge is -2.27.